The van der Waals surface area contributed by atoms with E-state index in [9.17, 15) is 11.0 Å². The highest BCUT2D eigenvalue weighted by atomic mass is 32.2. The molecule has 7 nitrogen and oxygen atoms in total. The number of aliphatic hydroxyl groups is 2. The topological polar surface area (TPSA) is 74.5 Å². The Kier molecular flexibility index (Phi) is 5.75. The summed E-state index contributed by atoms with van der Waals surface area (Å²) in [7, 11) is 0. The zero-order valence-corrected chi connectivity index (χ0v) is 19.1. The van der Waals surface area contributed by atoms with Crippen LogP contribution >= 0.6 is 11.8 Å². The molecule has 2 N–H and O–H groups in total. The number of aliphatic hydroxyl groups excluding tert-OH is 2. The van der Waals surface area contributed by atoms with Crippen molar-refractivity contribution in [3.05, 3.63) is 54.1 Å². The molecule has 0 aliphatic carbocycles. The van der Waals surface area contributed by atoms with E-state index in [0.717, 1.165) is 4.90 Å². The number of aliphatic imine (C=N–C) groups is 1. The largest absolute Gasteiger partial charge is 0.394 e. The number of nitrogens with zero attached hydrogens (tertiary/aromatic N) is 3. The van der Waals surface area contributed by atoms with Crippen LogP contribution in [0.5, 0.6) is 0 Å². The number of amidine groups is 1. The normalized spacial score (nSPS) is 26.8. The van der Waals surface area contributed by atoms with Gasteiger partial charge in [0.1, 0.15) is 18.9 Å². The van der Waals surface area contributed by atoms with Crippen molar-refractivity contribution in [3.63, 3.8) is 0 Å². The molecule has 0 saturated carbocycles. The molecule has 1 saturated heterocycles. The Morgan fingerprint density at radius 2 is 1.48 bits per heavy atom. The average molecular weight is 481 g/mol. The van der Waals surface area contributed by atoms with Crippen molar-refractivity contribution in [1.82, 2.24) is 4.90 Å². The Morgan fingerprint density at radius 3 is 2.15 bits per heavy atom. The van der Waals surface area contributed by atoms with Crippen LogP contribution in [0.3, 0.4) is 0 Å². The lowest BCUT2D eigenvalue weighted by molar-refractivity contribution is -0.932. The highest BCUT2D eigenvalue weighted by Gasteiger charge is 2.35. The number of piperazine rings is 1. The lowest BCUT2D eigenvalue weighted by Crippen LogP contribution is -2.62. The van der Waals surface area contributed by atoms with Crippen molar-refractivity contribution in [2.45, 2.75) is 9.79 Å². The summed E-state index contributed by atoms with van der Waals surface area (Å²) in [5.41, 5.74) is 0.753. The maximum Gasteiger partial charge on any atom is 0.138 e. The minimum Gasteiger partial charge on any atom is -0.394 e. The number of para-hydroxylation sites is 1. The molecule has 178 valence electrons. The number of hydrogen-bond acceptors (Lipinski definition) is 7. The van der Waals surface area contributed by atoms with Gasteiger partial charge in [-0.1, -0.05) is 42.1 Å². The maximum absolute atomic E-state index is 9.21. The minimum absolute atomic E-state index is 0.108. The second kappa shape index (κ2) is 12.0. The van der Waals surface area contributed by atoms with Crippen LogP contribution in [0.4, 0.5) is 5.69 Å². The molecule has 8 heteroatoms. The van der Waals surface area contributed by atoms with Crippen LogP contribution in [0.25, 0.3) is 0 Å². The van der Waals surface area contributed by atoms with Gasteiger partial charge in [0, 0.05) is 15.4 Å². The van der Waals surface area contributed by atoms with Gasteiger partial charge in [-0.2, -0.15) is 0 Å². The van der Waals surface area contributed by atoms with E-state index in [1.165, 1.54) is 11.8 Å². The number of hydrogen-bond donors (Lipinski definition) is 2. The standard InChI is InChI=1S/C25H34N3O4S/c29-15-19-31-17-13-28(14-18-32-20-16-30)11-9-27(10-12-28)25-21-5-1-3-7-23(21)33-24-8-4-2-6-22(24)26-25/h1-8,29-30H,9-20H2/q+1/i9D2,10D2,11D2,12D2. The van der Waals surface area contributed by atoms with Crippen LogP contribution in [0.1, 0.15) is 16.5 Å². The van der Waals surface area contributed by atoms with Gasteiger partial charge >= 0.3 is 0 Å². The summed E-state index contributed by atoms with van der Waals surface area (Å²) < 4.78 is 82.9. The molecular weight excluding hydrogens is 438 g/mol. The summed E-state index contributed by atoms with van der Waals surface area (Å²) in [5, 5.41) is 18.3. The number of quaternary nitrogens is 1. The molecule has 0 atom stereocenters. The molecule has 0 bridgehead atoms. The van der Waals surface area contributed by atoms with Crippen LogP contribution in [0.2, 0.25) is 0 Å². The van der Waals surface area contributed by atoms with Crippen molar-refractivity contribution in [2.75, 3.05) is 78.7 Å². The predicted octanol–water partition coefficient (Wildman–Crippen LogP) is 2.38. The summed E-state index contributed by atoms with van der Waals surface area (Å²) in [6, 6.07) is 13.9. The van der Waals surface area contributed by atoms with E-state index in [1.54, 1.807) is 36.4 Å². The Hall–Kier alpha value is -1.94. The van der Waals surface area contributed by atoms with Gasteiger partial charge in [-0.15, -0.1) is 0 Å². The molecule has 1 fully saturated rings. The summed E-state index contributed by atoms with van der Waals surface area (Å²) in [5.74, 6) is -0.230. The molecular formula is C25H34N3O4S+. The van der Waals surface area contributed by atoms with Gasteiger partial charge in [0.15, 0.2) is 0 Å². The first-order valence-corrected chi connectivity index (χ1v) is 11.6. The molecule has 2 aromatic rings. The van der Waals surface area contributed by atoms with E-state index < -0.39 is 43.6 Å². The zero-order valence-electron chi connectivity index (χ0n) is 26.2. The molecule has 0 radical (unpaired) electrons. The molecule has 2 aromatic carbocycles. The fraction of sp³-hybridized carbons (Fsp3) is 0.480. The summed E-state index contributed by atoms with van der Waals surface area (Å²) in [6.07, 6.45) is 0. The third-order valence-electron chi connectivity index (χ3n) is 5.11. The average Bonchev–Trinajstić information content (AvgIpc) is 3.07. The monoisotopic (exact) mass is 480 g/mol. The van der Waals surface area contributed by atoms with Gasteiger partial charge < -0.3 is 29.1 Å². The van der Waals surface area contributed by atoms with Gasteiger partial charge in [0.2, 0.25) is 0 Å². The van der Waals surface area contributed by atoms with Crippen LogP contribution < -0.4 is 0 Å². The number of rotatable bonds is 10. The molecule has 0 amide bonds. The van der Waals surface area contributed by atoms with Gasteiger partial charge in [0.25, 0.3) is 0 Å². The maximum atomic E-state index is 9.21. The van der Waals surface area contributed by atoms with Gasteiger partial charge in [-0.25, -0.2) is 4.99 Å². The smallest absolute Gasteiger partial charge is 0.138 e. The van der Waals surface area contributed by atoms with Gasteiger partial charge in [-0.05, 0) is 18.2 Å². The van der Waals surface area contributed by atoms with Crippen molar-refractivity contribution in [1.29, 1.82) is 0 Å². The fourth-order valence-corrected chi connectivity index (χ4v) is 4.42. The molecule has 33 heavy (non-hydrogen) atoms. The third-order valence-corrected chi connectivity index (χ3v) is 6.25. The van der Waals surface area contributed by atoms with Crippen LogP contribution in [0, 0.1) is 0 Å². The first-order chi connectivity index (χ1) is 19.3. The highest BCUT2D eigenvalue weighted by molar-refractivity contribution is 7.99. The van der Waals surface area contributed by atoms with Gasteiger partial charge in [-0.3, -0.25) is 0 Å². The molecule has 2 heterocycles. The van der Waals surface area contributed by atoms with E-state index >= 15 is 0 Å². The molecule has 4 rings (SSSR count). The fourth-order valence-electron chi connectivity index (χ4n) is 3.40. The summed E-state index contributed by atoms with van der Waals surface area (Å²) in [4.78, 5) is 6.52. The molecule has 2 aliphatic rings. The zero-order chi connectivity index (χ0) is 30.1. The van der Waals surface area contributed by atoms with E-state index in [-0.39, 0.29) is 45.5 Å². The summed E-state index contributed by atoms with van der Waals surface area (Å²) in [6.45, 7) is -14.8. The first-order valence-electron chi connectivity index (χ1n) is 14.8. The molecule has 0 unspecified atom stereocenters. The van der Waals surface area contributed by atoms with Gasteiger partial charge in [0.05, 0.1) is 82.3 Å². The second-order valence-electron chi connectivity index (χ2n) is 7.37. The highest BCUT2D eigenvalue weighted by Crippen LogP contribution is 2.40. The lowest BCUT2D eigenvalue weighted by Gasteiger charge is -2.45. The van der Waals surface area contributed by atoms with E-state index in [0.29, 0.717) is 21.0 Å². The Bertz CT molecular complexity index is 1220. The quantitative estimate of drug-likeness (QED) is 0.402. The third kappa shape index (κ3) is 6.15. The number of benzene rings is 2. The van der Waals surface area contributed by atoms with Crippen LogP contribution in [-0.2, 0) is 9.47 Å². The summed E-state index contributed by atoms with van der Waals surface area (Å²) >= 11 is 1.35. The molecule has 0 spiro atoms. The van der Waals surface area contributed by atoms with Crippen LogP contribution in [0.15, 0.2) is 63.3 Å². The van der Waals surface area contributed by atoms with E-state index in [2.05, 4.69) is 4.99 Å². The first kappa shape index (κ1) is 15.9. The lowest BCUT2D eigenvalue weighted by atomic mass is 10.1. The Morgan fingerprint density at radius 1 is 0.879 bits per heavy atom. The number of ether oxygens (including phenoxy) is 2. The van der Waals surface area contributed by atoms with E-state index in [4.69, 9.17) is 19.7 Å². The minimum atomic E-state index is -3.15. The molecule has 0 aromatic heterocycles. The Balaban J connectivity index is 1.93. The van der Waals surface area contributed by atoms with Crippen molar-refractivity contribution >= 4 is 23.3 Å². The second-order valence-corrected chi connectivity index (χ2v) is 8.45. The van der Waals surface area contributed by atoms with Crippen molar-refractivity contribution < 1.29 is 35.1 Å². The van der Waals surface area contributed by atoms with E-state index in [1.807, 2.05) is 12.1 Å². The van der Waals surface area contributed by atoms with Crippen molar-refractivity contribution in [3.8, 4) is 0 Å². The number of fused-ring (bicyclic) bond motifs is 2. The SMILES string of the molecule is [2H]C1([2H])N(C2=Nc3ccccc3Sc3ccccc32)C([2H])([2H])C([2H])([2H])[N+](CCOCCO)(CCOCCO)C1([2H])[2H]. The molecule has 2 aliphatic heterocycles. The Labute approximate surface area is 211 Å². The van der Waals surface area contributed by atoms with Crippen molar-refractivity contribution in [2.24, 2.45) is 4.99 Å². The predicted molar refractivity (Wildman–Crippen MR) is 130 cm³/mol. The van der Waals surface area contributed by atoms with Crippen LogP contribution in [-0.4, -0.2) is 104 Å².